The number of nitrogens with zero attached hydrogens (tertiary/aromatic N) is 3. The third kappa shape index (κ3) is 4.41. The van der Waals surface area contributed by atoms with Gasteiger partial charge in [-0.25, -0.2) is 9.37 Å². The van der Waals surface area contributed by atoms with Crippen LogP contribution in [-0.2, 0) is 4.79 Å². The molecule has 1 amide bonds. The number of nitrogens with one attached hydrogen (secondary N) is 1. The van der Waals surface area contributed by atoms with Crippen molar-refractivity contribution in [3.05, 3.63) is 59.5 Å². The summed E-state index contributed by atoms with van der Waals surface area (Å²) in [6.07, 6.45) is 5.37. The normalized spacial score (nSPS) is 18.3. The molecule has 1 aromatic carbocycles. The highest BCUT2D eigenvalue weighted by Gasteiger charge is 2.29. The number of rotatable bonds is 5. The standard InChI is InChI=1S/C23H26FN5O/c1-15(30)28-21-13-17(9-10-27-21)22(23(25)16-5-7-18(24)8-6-16)20-14-29(12-11-26-20)19-3-2-4-19/h5-10,13,19H,2-4,11-12,14,25H2,1H3,(H,27,28,30). The van der Waals surface area contributed by atoms with E-state index in [1.807, 2.05) is 6.07 Å². The van der Waals surface area contributed by atoms with Crippen LogP contribution in [0.1, 0.15) is 37.3 Å². The number of anilines is 1. The molecule has 7 heteroatoms. The van der Waals surface area contributed by atoms with Gasteiger partial charge in [0.25, 0.3) is 0 Å². The largest absolute Gasteiger partial charge is 0.398 e. The molecule has 0 radical (unpaired) electrons. The van der Waals surface area contributed by atoms with E-state index in [9.17, 15) is 9.18 Å². The second-order valence-electron chi connectivity index (χ2n) is 7.79. The van der Waals surface area contributed by atoms with Crippen molar-refractivity contribution in [1.82, 2.24) is 9.88 Å². The number of hydrogen-bond acceptors (Lipinski definition) is 5. The van der Waals surface area contributed by atoms with Crippen molar-refractivity contribution in [2.24, 2.45) is 10.7 Å². The molecule has 6 nitrogen and oxygen atoms in total. The van der Waals surface area contributed by atoms with E-state index in [4.69, 9.17) is 10.7 Å². The van der Waals surface area contributed by atoms with Gasteiger partial charge in [-0.3, -0.25) is 14.7 Å². The molecule has 1 aliphatic heterocycles. The van der Waals surface area contributed by atoms with Crippen molar-refractivity contribution in [2.45, 2.75) is 32.2 Å². The van der Waals surface area contributed by atoms with E-state index in [1.165, 1.54) is 38.3 Å². The Labute approximate surface area is 175 Å². The Kier molecular flexibility index (Phi) is 5.90. The van der Waals surface area contributed by atoms with Gasteiger partial charge in [-0.05, 0) is 60.4 Å². The zero-order chi connectivity index (χ0) is 21.1. The number of aromatic nitrogens is 1. The van der Waals surface area contributed by atoms with E-state index in [2.05, 4.69) is 15.2 Å². The molecule has 2 aliphatic rings. The van der Waals surface area contributed by atoms with Gasteiger partial charge in [-0.2, -0.15) is 0 Å². The van der Waals surface area contributed by atoms with Gasteiger partial charge < -0.3 is 11.1 Å². The molecule has 0 bridgehead atoms. The maximum absolute atomic E-state index is 13.5. The highest BCUT2D eigenvalue weighted by atomic mass is 19.1. The SMILES string of the molecule is CC(=O)Nc1cc(C(C2=NCCN(C3CCC3)C2)=C(N)c2ccc(F)cc2)ccn1. The highest BCUT2D eigenvalue weighted by molar-refractivity contribution is 6.31. The van der Waals surface area contributed by atoms with Gasteiger partial charge >= 0.3 is 0 Å². The van der Waals surface area contributed by atoms with Gasteiger partial charge in [0.1, 0.15) is 11.6 Å². The number of aliphatic imine (C=N–C) groups is 1. The molecule has 156 valence electrons. The molecular weight excluding hydrogens is 381 g/mol. The summed E-state index contributed by atoms with van der Waals surface area (Å²) in [5.41, 5.74) is 10.4. The van der Waals surface area contributed by atoms with Crippen LogP contribution in [0, 0.1) is 5.82 Å². The van der Waals surface area contributed by atoms with E-state index in [0.29, 0.717) is 17.6 Å². The number of carbonyl (C=O) groups excluding carboxylic acids is 1. The van der Waals surface area contributed by atoms with E-state index >= 15 is 0 Å². The maximum Gasteiger partial charge on any atom is 0.222 e. The first-order valence-electron chi connectivity index (χ1n) is 10.3. The fourth-order valence-electron chi connectivity index (χ4n) is 3.94. The van der Waals surface area contributed by atoms with Gasteiger partial charge in [0.05, 0.1) is 12.3 Å². The molecule has 2 heterocycles. The van der Waals surface area contributed by atoms with Crippen LogP contribution in [0.3, 0.4) is 0 Å². The number of hydrogen-bond donors (Lipinski definition) is 2. The Morgan fingerprint density at radius 1 is 1.20 bits per heavy atom. The predicted octanol–water partition coefficient (Wildman–Crippen LogP) is 3.32. The lowest BCUT2D eigenvalue weighted by atomic mass is 9.89. The summed E-state index contributed by atoms with van der Waals surface area (Å²) < 4.78 is 13.5. The number of halogens is 1. The molecule has 1 saturated carbocycles. The molecule has 0 spiro atoms. The van der Waals surface area contributed by atoms with Crippen LogP contribution in [0.15, 0.2) is 47.6 Å². The molecule has 0 saturated heterocycles. The number of benzene rings is 1. The minimum atomic E-state index is -0.309. The summed E-state index contributed by atoms with van der Waals surface area (Å²) >= 11 is 0. The molecular formula is C23H26FN5O. The van der Waals surface area contributed by atoms with Crippen LogP contribution in [-0.4, -0.2) is 47.2 Å². The van der Waals surface area contributed by atoms with Gasteiger partial charge in [0.15, 0.2) is 0 Å². The number of carbonyl (C=O) groups is 1. The molecule has 1 fully saturated rings. The molecule has 0 atom stereocenters. The van der Waals surface area contributed by atoms with Crippen molar-refractivity contribution < 1.29 is 9.18 Å². The van der Waals surface area contributed by atoms with Crippen LogP contribution < -0.4 is 11.1 Å². The highest BCUT2D eigenvalue weighted by Crippen LogP contribution is 2.30. The van der Waals surface area contributed by atoms with Gasteiger partial charge in [-0.1, -0.05) is 6.42 Å². The summed E-state index contributed by atoms with van der Waals surface area (Å²) in [7, 11) is 0. The minimum absolute atomic E-state index is 0.192. The topological polar surface area (TPSA) is 83.6 Å². The number of amides is 1. The number of nitrogens with two attached hydrogens (primary N) is 1. The Balaban J connectivity index is 1.77. The van der Waals surface area contributed by atoms with Crippen molar-refractivity contribution in [3.63, 3.8) is 0 Å². The van der Waals surface area contributed by atoms with E-state index in [-0.39, 0.29) is 11.7 Å². The van der Waals surface area contributed by atoms with Crippen molar-refractivity contribution in [1.29, 1.82) is 0 Å². The van der Waals surface area contributed by atoms with Crippen LogP contribution in [0.5, 0.6) is 0 Å². The van der Waals surface area contributed by atoms with Crippen molar-refractivity contribution in [2.75, 3.05) is 25.0 Å². The fourth-order valence-corrected chi connectivity index (χ4v) is 3.94. The molecule has 30 heavy (non-hydrogen) atoms. The second-order valence-corrected chi connectivity index (χ2v) is 7.79. The summed E-state index contributed by atoms with van der Waals surface area (Å²) in [5.74, 6) is -0.0457. The van der Waals surface area contributed by atoms with Crippen LogP contribution in [0.2, 0.25) is 0 Å². The lowest BCUT2D eigenvalue weighted by Crippen LogP contribution is -2.46. The quantitative estimate of drug-likeness (QED) is 0.797. The first-order valence-corrected chi connectivity index (χ1v) is 10.3. The van der Waals surface area contributed by atoms with Crippen molar-refractivity contribution >= 4 is 28.7 Å². The van der Waals surface area contributed by atoms with Gasteiger partial charge in [0, 0.05) is 43.5 Å². The fraction of sp³-hybridized carbons (Fsp3) is 0.348. The predicted molar refractivity (Wildman–Crippen MR) is 117 cm³/mol. The third-order valence-corrected chi connectivity index (χ3v) is 5.70. The third-order valence-electron chi connectivity index (χ3n) is 5.70. The summed E-state index contributed by atoms with van der Waals surface area (Å²) in [6.45, 7) is 3.83. The summed E-state index contributed by atoms with van der Waals surface area (Å²) in [4.78, 5) is 23.0. The molecule has 2 aromatic rings. The molecule has 0 unspecified atom stereocenters. The first-order chi connectivity index (χ1) is 14.5. The Hall–Kier alpha value is -3.06. The first kappa shape index (κ1) is 20.2. The molecule has 1 aliphatic carbocycles. The molecule has 4 rings (SSSR count). The van der Waals surface area contributed by atoms with E-state index in [1.54, 1.807) is 24.4 Å². The Morgan fingerprint density at radius 3 is 2.63 bits per heavy atom. The minimum Gasteiger partial charge on any atom is -0.398 e. The lowest BCUT2D eigenvalue weighted by molar-refractivity contribution is -0.114. The smallest absolute Gasteiger partial charge is 0.222 e. The van der Waals surface area contributed by atoms with Crippen LogP contribution >= 0.6 is 0 Å². The zero-order valence-corrected chi connectivity index (χ0v) is 17.1. The average molecular weight is 407 g/mol. The summed E-state index contributed by atoms with van der Waals surface area (Å²) in [5, 5.41) is 2.72. The van der Waals surface area contributed by atoms with Crippen LogP contribution in [0.25, 0.3) is 11.3 Å². The monoisotopic (exact) mass is 407 g/mol. The lowest BCUT2D eigenvalue weighted by Gasteiger charge is -2.39. The van der Waals surface area contributed by atoms with E-state index in [0.717, 1.165) is 42.0 Å². The van der Waals surface area contributed by atoms with Gasteiger partial charge in [-0.15, -0.1) is 0 Å². The molecule has 1 aromatic heterocycles. The maximum atomic E-state index is 13.5. The van der Waals surface area contributed by atoms with Gasteiger partial charge in [0.2, 0.25) is 5.91 Å². The Bertz CT molecular complexity index is 995. The van der Waals surface area contributed by atoms with Crippen LogP contribution in [0.4, 0.5) is 10.2 Å². The average Bonchev–Trinajstić information content (AvgIpc) is 2.67. The molecule has 3 N–H and O–H groups in total. The number of pyridine rings is 1. The summed E-state index contributed by atoms with van der Waals surface area (Å²) in [6, 6.07) is 10.4. The van der Waals surface area contributed by atoms with E-state index < -0.39 is 0 Å². The zero-order valence-electron chi connectivity index (χ0n) is 17.1. The Morgan fingerprint density at radius 2 is 1.97 bits per heavy atom. The van der Waals surface area contributed by atoms with Crippen molar-refractivity contribution in [3.8, 4) is 0 Å². The second kappa shape index (κ2) is 8.75.